The lowest BCUT2D eigenvalue weighted by molar-refractivity contribution is 0.0178. The first kappa shape index (κ1) is 18.1. The summed E-state index contributed by atoms with van der Waals surface area (Å²) in [5.41, 5.74) is 4.70. The van der Waals surface area contributed by atoms with Gasteiger partial charge in [-0.25, -0.2) is 0 Å². The second kappa shape index (κ2) is 7.67. The summed E-state index contributed by atoms with van der Waals surface area (Å²) in [7, 11) is 0. The summed E-state index contributed by atoms with van der Waals surface area (Å²) in [5, 5.41) is 30.7. The van der Waals surface area contributed by atoms with Crippen LogP contribution in [0.5, 0.6) is 0 Å². The van der Waals surface area contributed by atoms with Gasteiger partial charge in [0.25, 0.3) is 0 Å². The van der Waals surface area contributed by atoms with E-state index >= 15 is 0 Å². The number of benzene rings is 2. The Bertz CT molecular complexity index is 704. The van der Waals surface area contributed by atoms with Crippen LogP contribution in [0.15, 0.2) is 48.5 Å². The summed E-state index contributed by atoms with van der Waals surface area (Å²) >= 11 is 0. The summed E-state index contributed by atoms with van der Waals surface area (Å²) in [6.07, 6.45) is -1.17. The average molecular weight is 341 g/mol. The molecule has 4 atom stereocenters. The molecule has 134 valence electrons. The highest BCUT2D eigenvalue weighted by Crippen LogP contribution is 2.30. The first-order valence-corrected chi connectivity index (χ1v) is 8.84. The average Bonchev–Trinajstić information content (AvgIpc) is 2.83. The zero-order chi connectivity index (χ0) is 18.0. The molecule has 3 rings (SSSR count). The molecular weight excluding hydrogens is 314 g/mol. The van der Waals surface area contributed by atoms with E-state index in [2.05, 4.69) is 32.0 Å². The summed E-state index contributed by atoms with van der Waals surface area (Å²) in [4.78, 5) is 2.05. The molecule has 0 amide bonds. The molecular formula is C21H27NO3. The maximum absolute atomic E-state index is 10.6. The summed E-state index contributed by atoms with van der Waals surface area (Å²) in [6.45, 7) is 4.58. The van der Waals surface area contributed by atoms with Gasteiger partial charge in [-0.3, -0.25) is 4.90 Å². The van der Waals surface area contributed by atoms with E-state index in [1.165, 1.54) is 11.1 Å². The largest absolute Gasteiger partial charge is 0.395 e. The number of rotatable bonds is 5. The van der Waals surface area contributed by atoms with Gasteiger partial charge in [0.05, 0.1) is 24.9 Å². The fraction of sp³-hybridized carbons (Fsp3) is 0.429. The minimum Gasteiger partial charge on any atom is -0.395 e. The Kier molecular flexibility index (Phi) is 5.54. The number of hydrogen-bond acceptors (Lipinski definition) is 4. The molecule has 4 heteroatoms. The van der Waals surface area contributed by atoms with Crippen LogP contribution in [-0.4, -0.2) is 51.1 Å². The molecule has 0 spiro atoms. The molecule has 0 saturated carbocycles. The maximum Gasteiger partial charge on any atom is 0.0991 e. The first-order valence-electron chi connectivity index (χ1n) is 8.84. The van der Waals surface area contributed by atoms with Crippen molar-refractivity contribution in [2.75, 3.05) is 6.61 Å². The van der Waals surface area contributed by atoms with Crippen molar-refractivity contribution in [1.82, 2.24) is 4.90 Å². The first-order chi connectivity index (χ1) is 12.0. The Balaban J connectivity index is 1.86. The number of aliphatic hydroxyl groups excluding tert-OH is 3. The molecule has 1 aliphatic rings. The summed E-state index contributed by atoms with van der Waals surface area (Å²) in [5.74, 6) is 0. The van der Waals surface area contributed by atoms with Crippen molar-refractivity contribution in [2.24, 2.45) is 0 Å². The lowest BCUT2D eigenvalue weighted by Gasteiger charge is -2.30. The third-order valence-electron chi connectivity index (χ3n) is 5.40. The zero-order valence-electron chi connectivity index (χ0n) is 14.8. The van der Waals surface area contributed by atoms with Crippen molar-refractivity contribution in [1.29, 1.82) is 0 Å². The van der Waals surface area contributed by atoms with E-state index in [-0.39, 0.29) is 12.6 Å². The summed E-state index contributed by atoms with van der Waals surface area (Å²) in [6, 6.07) is 15.6. The van der Waals surface area contributed by atoms with Crippen molar-refractivity contribution in [3.8, 4) is 0 Å². The highest BCUT2D eigenvalue weighted by Gasteiger charge is 2.46. The van der Waals surface area contributed by atoms with Crippen LogP contribution in [0.2, 0.25) is 0 Å². The second-order valence-electron chi connectivity index (χ2n) is 7.08. The number of nitrogens with zero attached hydrogens (tertiary/aromatic N) is 1. The zero-order valence-corrected chi connectivity index (χ0v) is 14.8. The molecule has 25 heavy (non-hydrogen) atoms. The van der Waals surface area contributed by atoms with E-state index in [1.807, 2.05) is 35.2 Å². The lowest BCUT2D eigenvalue weighted by atomic mass is 10.0. The second-order valence-corrected chi connectivity index (χ2v) is 7.08. The molecule has 3 N–H and O–H groups in total. The molecule has 1 heterocycles. The predicted molar refractivity (Wildman–Crippen MR) is 98.3 cm³/mol. The lowest BCUT2D eigenvalue weighted by Crippen LogP contribution is -2.41. The van der Waals surface area contributed by atoms with E-state index in [0.717, 1.165) is 11.1 Å². The molecule has 0 aromatic heterocycles. The van der Waals surface area contributed by atoms with Crippen molar-refractivity contribution in [3.63, 3.8) is 0 Å². The number of hydrogen-bond donors (Lipinski definition) is 3. The molecule has 2 aromatic carbocycles. The molecule has 0 unspecified atom stereocenters. The normalized spacial score (nSPS) is 26.9. The fourth-order valence-corrected chi connectivity index (χ4v) is 3.75. The Hall–Kier alpha value is -1.72. The highest BCUT2D eigenvalue weighted by atomic mass is 16.3. The van der Waals surface area contributed by atoms with E-state index < -0.39 is 18.2 Å². The van der Waals surface area contributed by atoms with Gasteiger partial charge in [0, 0.05) is 12.6 Å². The van der Waals surface area contributed by atoms with Crippen molar-refractivity contribution in [2.45, 2.75) is 51.1 Å². The monoisotopic (exact) mass is 341 g/mol. The van der Waals surface area contributed by atoms with Crippen LogP contribution in [0.4, 0.5) is 0 Å². The molecule has 1 saturated heterocycles. The highest BCUT2D eigenvalue weighted by molar-refractivity contribution is 5.30. The number of likely N-dealkylation sites (tertiary alicyclic amines) is 1. The van der Waals surface area contributed by atoms with Crippen molar-refractivity contribution in [3.05, 3.63) is 70.8 Å². The molecule has 0 bridgehead atoms. The van der Waals surface area contributed by atoms with E-state index in [0.29, 0.717) is 13.0 Å². The standard InChI is InChI=1S/C21H27NO3/c1-14-8-9-17(10-15(14)2)12-22-18(11-16-6-4-3-5-7-16)20(24)21(25)19(22)13-23/h3-10,18-21,23-25H,11-13H2,1-2H3/t18-,19+,20-,21+/m0/s1. The van der Waals surface area contributed by atoms with Crippen LogP contribution in [0.25, 0.3) is 0 Å². The molecule has 1 fully saturated rings. The van der Waals surface area contributed by atoms with Gasteiger partial charge < -0.3 is 15.3 Å². The Morgan fingerprint density at radius 2 is 1.52 bits per heavy atom. The topological polar surface area (TPSA) is 63.9 Å². The third-order valence-corrected chi connectivity index (χ3v) is 5.40. The smallest absolute Gasteiger partial charge is 0.0991 e. The van der Waals surface area contributed by atoms with Crippen molar-refractivity contribution < 1.29 is 15.3 Å². The maximum atomic E-state index is 10.6. The Labute approximate surface area is 149 Å². The van der Waals surface area contributed by atoms with Crippen molar-refractivity contribution >= 4 is 0 Å². The minimum absolute atomic E-state index is 0.172. The van der Waals surface area contributed by atoms with Crippen LogP contribution in [-0.2, 0) is 13.0 Å². The fourth-order valence-electron chi connectivity index (χ4n) is 3.75. The van der Waals surface area contributed by atoms with Crippen LogP contribution < -0.4 is 0 Å². The van der Waals surface area contributed by atoms with Crippen LogP contribution in [0, 0.1) is 13.8 Å². The van der Waals surface area contributed by atoms with Gasteiger partial charge in [-0.2, -0.15) is 0 Å². The third kappa shape index (κ3) is 3.77. The van der Waals surface area contributed by atoms with Gasteiger partial charge in [-0.1, -0.05) is 48.5 Å². The van der Waals surface area contributed by atoms with Gasteiger partial charge in [-0.05, 0) is 42.5 Å². The van der Waals surface area contributed by atoms with Crippen LogP contribution >= 0.6 is 0 Å². The quantitative estimate of drug-likeness (QED) is 0.776. The predicted octanol–water partition coefficient (Wildman–Crippen LogP) is 1.81. The van der Waals surface area contributed by atoms with E-state index in [9.17, 15) is 15.3 Å². The van der Waals surface area contributed by atoms with Gasteiger partial charge in [0.1, 0.15) is 0 Å². The van der Waals surface area contributed by atoms with E-state index in [1.54, 1.807) is 0 Å². The number of aryl methyl sites for hydroxylation is 2. The van der Waals surface area contributed by atoms with Gasteiger partial charge in [0.2, 0.25) is 0 Å². The Morgan fingerprint density at radius 1 is 0.840 bits per heavy atom. The molecule has 0 radical (unpaired) electrons. The van der Waals surface area contributed by atoms with E-state index in [4.69, 9.17) is 0 Å². The molecule has 1 aliphatic heterocycles. The van der Waals surface area contributed by atoms with Crippen LogP contribution in [0.3, 0.4) is 0 Å². The minimum atomic E-state index is -0.940. The molecule has 0 aliphatic carbocycles. The molecule has 2 aromatic rings. The molecule has 4 nitrogen and oxygen atoms in total. The van der Waals surface area contributed by atoms with Gasteiger partial charge >= 0.3 is 0 Å². The summed E-state index contributed by atoms with van der Waals surface area (Å²) < 4.78 is 0. The van der Waals surface area contributed by atoms with Gasteiger partial charge in [0.15, 0.2) is 0 Å². The number of aliphatic hydroxyl groups is 3. The Morgan fingerprint density at radius 3 is 2.16 bits per heavy atom. The SMILES string of the molecule is Cc1ccc(CN2[C@H](CO)[C@@H](O)[C@@H](O)[C@@H]2Cc2ccccc2)cc1C. The van der Waals surface area contributed by atoms with Gasteiger partial charge in [-0.15, -0.1) is 0 Å². The van der Waals surface area contributed by atoms with Crippen LogP contribution in [0.1, 0.15) is 22.3 Å².